The van der Waals surface area contributed by atoms with Gasteiger partial charge in [-0.05, 0) is 36.4 Å². The summed E-state index contributed by atoms with van der Waals surface area (Å²) in [4.78, 5) is 0. The van der Waals surface area contributed by atoms with E-state index in [9.17, 15) is 0 Å². The first kappa shape index (κ1) is 10.2. The SMILES string of the molecule is Brc1ccc2c(c1)cc1n2-c2ccccc2NC1. The molecule has 2 aromatic carbocycles. The summed E-state index contributed by atoms with van der Waals surface area (Å²) >= 11 is 3.53. The van der Waals surface area contributed by atoms with Crippen molar-refractivity contribution in [2.24, 2.45) is 0 Å². The molecular formula is C15H11BrN2. The molecule has 0 radical (unpaired) electrons. The minimum absolute atomic E-state index is 0.878. The van der Waals surface area contributed by atoms with Crippen LogP contribution in [0.5, 0.6) is 0 Å². The van der Waals surface area contributed by atoms with Crippen molar-refractivity contribution in [1.29, 1.82) is 0 Å². The van der Waals surface area contributed by atoms with Crippen molar-refractivity contribution in [3.63, 3.8) is 0 Å². The van der Waals surface area contributed by atoms with Crippen LogP contribution in [0.1, 0.15) is 5.69 Å². The lowest BCUT2D eigenvalue weighted by Gasteiger charge is -2.21. The summed E-state index contributed by atoms with van der Waals surface area (Å²) < 4.78 is 3.47. The van der Waals surface area contributed by atoms with Gasteiger partial charge in [0.05, 0.1) is 23.4 Å². The van der Waals surface area contributed by atoms with Crippen LogP contribution in [0.25, 0.3) is 16.6 Å². The highest BCUT2D eigenvalue weighted by Gasteiger charge is 2.17. The van der Waals surface area contributed by atoms with E-state index in [4.69, 9.17) is 0 Å². The summed E-state index contributed by atoms with van der Waals surface area (Å²) in [7, 11) is 0. The summed E-state index contributed by atoms with van der Waals surface area (Å²) in [5, 5.41) is 4.74. The molecule has 1 aliphatic heterocycles. The largest absolute Gasteiger partial charge is 0.378 e. The second kappa shape index (κ2) is 3.62. The average Bonchev–Trinajstić information content (AvgIpc) is 2.76. The number of aromatic nitrogens is 1. The molecule has 0 fully saturated rings. The number of halogens is 1. The molecule has 3 aromatic rings. The van der Waals surface area contributed by atoms with Crippen LogP contribution in [0.2, 0.25) is 0 Å². The van der Waals surface area contributed by atoms with Crippen LogP contribution in [0, 0.1) is 0 Å². The Morgan fingerprint density at radius 2 is 1.94 bits per heavy atom. The molecule has 1 aromatic heterocycles. The monoisotopic (exact) mass is 298 g/mol. The van der Waals surface area contributed by atoms with E-state index in [0.29, 0.717) is 0 Å². The summed E-state index contributed by atoms with van der Waals surface area (Å²) in [6.07, 6.45) is 0. The van der Waals surface area contributed by atoms with Crippen molar-refractivity contribution in [3.05, 3.63) is 58.7 Å². The fourth-order valence-electron chi connectivity index (χ4n) is 2.66. The highest BCUT2D eigenvalue weighted by atomic mass is 79.9. The number of anilines is 1. The third kappa shape index (κ3) is 1.34. The molecule has 1 aliphatic rings. The third-order valence-corrected chi connectivity index (χ3v) is 3.94. The lowest BCUT2D eigenvalue weighted by Crippen LogP contribution is -2.14. The second-order valence-corrected chi connectivity index (χ2v) is 5.46. The fourth-order valence-corrected chi connectivity index (χ4v) is 3.04. The summed E-state index contributed by atoms with van der Waals surface area (Å²) in [6, 6.07) is 17.1. The van der Waals surface area contributed by atoms with E-state index in [0.717, 1.165) is 11.0 Å². The van der Waals surface area contributed by atoms with Gasteiger partial charge in [0.2, 0.25) is 0 Å². The Morgan fingerprint density at radius 3 is 2.89 bits per heavy atom. The number of rotatable bonds is 0. The predicted molar refractivity (Wildman–Crippen MR) is 78.3 cm³/mol. The molecule has 4 rings (SSSR count). The maximum absolute atomic E-state index is 3.53. The van der Waals surface area contributed by atoms with Crippen molar-refractivity contribution in [1.82, 2.24) is 4.57 Å². The Labute approximate surface area is 113 Å². The number of hydrogen-bond acceptors (Lipinski definition) is 1. The highest BCUT2D eigenvalue weighted by molar-refractivity contribution is 9.10. The Balaban J connectivity index is 2.11. The first-order valence-electron chi connectivity index (χ1n) is 5.96. The number of fused-ring (bicyclic) bond motifs is 5. The first-order valence-corrected chi connectivity index (χ1v) is 6.75. The third-order valence-electron chi connectivity index (χ3n) is 3.44. The van der Waals surface area contributed by atoms with E-state index in [1.54, 1.807) is 0 Å². The number of hydrogen-bond donors (Lipinski definition) is 1. The van der Waals surface area contributed by atoms with Gasteiger partial charge in [0, 0.05) is 15.6 Å². The smallest absolute Gasteiger partial charge is 0.0691 e. The molecule has 1 N–H and O–H groups in total. The standard InChI is InChI=1S/C15H11BrN2/c16-11-5-6-14-10(7-11)8-12-9-17-13-3-1-2-4-15(13)18(12)14/h1-8,17H,9H2. The zero-order chi connectivity index (χ0) is 12.1. The van der Waals surface area contributed by atoms with Gasteiger partial charge in [0.15, 0.2) is 0 Å². The van der Waals surface area contributed by atoms with Gasteiger partial charge in [-0.15, -0.1) is 0 Å². The van der Waals surface area contributed by atoms with Gasteiger partial charge in [-0.3, -0.25) is 0 Å². The van der Waals surface area contributed by atoms with Gasteiger partial charge in [-0.2, -0.15) is 0 Å². The van der Waals surface area contributed by atoms with E-state index < -0.39 is 0 Å². The predicted octanol–water partition coefficient (Wildman–Crippen LogP) is 4.32. The molecule has 0 saturated carbocycles. The van der Waals surface area contributed by atoms with Gasteiger partial charge in [0.1, 0.15) is 0 Å². The maximum atomic E-state index is 3.53. The zero-order valence-corrected chi connectivity index (χ0v) is 11.2. The van der Waals surface area contributed by atoms with E-state index in [1.807, 2.05) is 0 Å². The molecular weight excluding hydrogens is 288 g/mol. The maximum Gasteiger partial charge on any atom is 0.0691 e. The molecule has 0 bridgehead atoms. The quantitative estimate of drug-likeness (QED) is 0.654. The number of benzene rings is 2. The molecule has 3 heteroatoms. The Kier molecular flexibility index (Phi) is 2.06. The van der Waals surface area contributed by atoms with Crippen LogP contribution < -0.4 is 5.32 Å². The van der Waals surface area contributed by atoms with Crippen molar-refractivity contribution in [2.45, 2.75) is 6.54 Å². The molecule has 18 heavy (non-hydrogen) atoms. The van der Waals surface area contributed by atoms with Crippen LogP contribution in [0.3, 0.4) is 0 Å². The zero-order valence-electron chi connectivity index (χ0n) is 9.65. The Morgan fingerprint density at radius 1 is 1.06 bits per heavy atom. The van der Waals surface area contributed by atoms with E-state index >= 15 is 0 Å². The molecule has 2 nitrogen and oxygen atoms in total. The fraction of sp³-hybridized carbons (Fsp3) is 0.0667. The summed E-state index contributed by atoms with van der Waals surface area (Å²) in [5.41, 5.74) is 5.01. The topological polar surface area (TPSA) is 17.0 Å². The molecule has 88 valence electrons. The second-order valence-electron chi connectivity index (χ2n) is 4.54. The molecule has 0 unspecified atom stereocenters. The van der Waals surface area contributed by atoms with E-state index in [-0.39, 0.29) is 0 Å². The summed E-state index contributed by atoms with van der Waals surface area (Å²) in [6.45, 7) is 0.878. The van der Waals surface area contributed by atoms with Gasteiger partial charge >= 0.3 is 0 Å². The number of para-hydroxylation sites is 2. The van der Waals surface area contributed by atoms with E-state index in [2.05, 4.69) is 74.3 Å². The highest BCUT2D eigenvalue weighted by Crippen LogP contribution is 2.33. The van der Waals surface area contributed by atoms with Gasteiger partial charge in [-0.25, -0.2) is 0 Å². The number of nitrogens with one attached hydrogen (secondary N) is 1. The van der Waals surface area contributed by atoms with E-state index in [1.165, 1.54) is 28.0 Å². The molecule has 0 saturated heterocycles. The number of nitrogens with zero attached hydrogens (tertiary/aromatic N) is 1. The van der Waals surface area contributed by atoms with Crippen molar-refractivity contribution in [3.8, 4) is 5.69 Å². The van der Waals surface area contributed by atoms with Gasteiger partial charge in [0.25, 0.3) is 0 Å². The molecule has 2 heterocycles. The van der Waals surface area contributed by atoms with Crippen molar-refractivity contribution in [2.75, 3.05) is 5.32 Å². The van der Waals surface area contributed by atoms with Crippen LogP contribution >= 0.6 is 15.9 Å². The Hall–Kier alpha value is -1.74. The van der Waals surface area contributed by atoms with Crippen LogP contribution in [-0.2, 0) is 6.54 Å². The minimum atomic E-state index is 0.878. The lowest BCUT2D eigenvalue weighted by atomic mass is 10.2. The van der Waals surface area contributed by atoms with Crippen LogP contribution in [-0.4, -0.2) is 4.57 Å². The minimum Gasteiger partial charge on any atom is -0.378 e. The summed E-state index contributed by atoms with van der Waals surface area (Å²) in [5.74, 6) is 0. The van der Waals surface area contributed by atoms with Gasteiger partial charge in [-0.1, -0.05) is 28.1 Å². The molecule has 0 aliphatic carbocycles. The first-order chi connectivity index (χ1) is 8.83. The van der Waals surface area contributed by atoms with Crippen LogP contribution in [0.4, 0.5) is 5.69 Å². The average molecular weight is 299 g/mol. The van der Waals surface area contributed by atoms with Crippen molar-refractivity contribution >= 4 is 32.5 Å². The molecule has 0 atom stereocenters. The van der Waals surface area contributed by atoms with Crippen LogP contribution in [0.15, 0.2) is 53.0 Å². The molecule has 0 amide bonds. The van der Waals surface area contributed by atoms with Crippen molar-refractivity contribution < 1.29 is 0 Å². The van der Waals surface area contributed by atoms with Gasteiger partial charge < -0.3 is 9.88 Å². The normalized spacial score (nSPS) is 12.9. The Bertz CT molecular complexity index is 758. The lowest BCUT2D eigenvalue weighted by molar-refractivity contribution is 0.931. The molecule has 0 spiro atoms.